The Labute approximate surface area is 128 Å². The summed E-state index contributed by atoms with van der Waals surface area (Å²) >= 11 is 0. The number of rotatable bonds is 9. The summed E-state index contributed by atoms with van der Waals surface area (Å²) in [5.41, 5.74) is 1.34. The monoisotopic (exact) mass is 292 g/mol. The third-order valence-electron chi connectivity index (χ3n) is 4.02. The molecule has 0 amide bonds. The first-order chi connectivity index (χ1) is 10.4. The van der Waals surface area contributed by atoms with Crippen molar-refractivity contribution in [3.63, 3.8) is 0 Å². The Morgan fingerprint density at radius 2 is 1.57 bits per heavy atom. The van der Waals surface area contributed by atoms with Crippen molar-refractivity contribution >= 4 is 0 Å². The minimum absolute atomic E-state index is 0.273. The number of aliphatic hydroxyl groups excluding tert-OH is 1. The largest absolute Gasteiger partial charge is 0.395 e. The number of nitrogens with zero attached hydrogens (tertiary/aromatic N) is 2. The highest BCUT2D eigenvalue weighted by Crippen LogP contribution is 2.03. The summed E-state index contributed by atoms with van der Waals surface area (Å²) in [6, 6.07) is 10.5. The second-order valence-electron chi connectivity index (χ2n) is 5.61. The zero-order chi connectivity index (χ0) is 14.8. The van der Waals surface area contributed by atoms with Gasteiger partial charge >= 0.3 is 0 Å². The molecule has 4 nitrogen and oxygen atoms in total. The van der Waals surface area contributed by atoms with E-state index in [2.05, 4.69) is 34.1 Å². The number of hydrogen-bond acceptors (Lipinski definition) is 4. The summed E-state index contributed by atoms with van der Waals surface area (Å²) in [6.07, 6.45) is 2.11. The van der Waals surface area contributed by atoms with Crippen molar-refractivity contribution in [3.05, 3.63) is 35.9 Å². The molecule has 1 aliphatic heterocycles. The highest BCUT2D eigenvalue weighted by Gasteiger charge is 2.15. The Morgan fingerprint density at radius 3 is 2.24 bits per heavy atom. The molecule has 0 radical (unpaired) electrons. The number of hydrogen-bond donors (Lipinski definition) is 1. The minimum Gasteiger partial charge on any atom is -0.395 e. The molecule has 0 aliphatic carbocycles. The first-order valence-electron chi connectivity index (χ1n) is 8.06. The number of aliphatic hydroxyl groups is 1. The van der Waals surface area contributed by atoms with Crippen molar-refractivity contribution in [2.45, 2.75) is 12.8 Å². The van der Waals surface area contributed by atoms with E-state index in [9.17, 15) is 0 Å². The van der Waals surface area contributed by atoms with Crippen LogP contribution in [0.4, 0.5) is 0 Å². The molecule has 2 rings (SSSR count). The van der Waals surface area contributed by atoms with E-state index in [0.29, 0.717) is 0 Å². The summed E-state index contributed by atoms with van der Waals surface area (Å²) in [6.45, 7) is 8.26. The van der Waals surface area contributed by atoms with E-state index in [4.69, 9.17) is 9.84 Å². The summed E-state index contributed by atoms with van der Waals surface area (Å²) in [4.78, 5) is 4.82. The van der Waals surface area contributed by atoms with E-state index in [1.807, 2.05) is 6.07 Å². The lowest BCUT2D eigenvalue weighted by Gasteiger charge is -2.34. The molecule has 1 fully saturated rings. The van der Waals surface area contributed by atoms with Gasteiger partial charge in [-0.3, -0.25) is 4.90 Å². The van der Waals surface area contributed by atoms with Crippen LogP contribution in [0.25, 0.3) is 0 Å². The molecule has 0 aromatic heterocycles. The predicted octanol–water partition coefficient (Wildman–Crippen LogP) is 1.25. The van der Waals surface area contributed by atoms with Gasteiger partial charge in [-0.2, -0.15) is 0 Å². The molecule has 1 N–H and O–H groups in total. The SMILES string of the molecule is OCCN1CCN(CCCOCCc2ccccc2)CC1. The lowest BCUT2D eigenvalue weighted by Crippen LogP contribution is -2.47. The van der Waals surface area contributed by atoms with Gasteiger partial charge in [0, 0.05) is 45.9 Å². The van der Waals surface area contributed by atoms with E-state index in [-0.39, 0.29) is 6.61 Å². The maximum Gasteiger partial charge on any atom is 0.0558 e. The average molecular weight is 292 g/mol. The van der Waals surface area contributed by atoms with Gasteiger partial charge in [0.1, 0.15) is 0 Å². The van der Waals surface area contributed by atoms with Crippen molar-refractivity contribution in [1.82, 2.24) is 9.80 Å². The van der Waals surface area contributed by atoms with Gasteiger partial charge in [0.15, 0.2) is 0 Å². The number of benzene rings is 1. The third kappa shape index (κ3) is 6.57. The zero-order valence-electron chi connectivity index (χ0n) is 12.9. The van der Waals surface area contributed by atoms with Crippen LogP contribution in [0.2, 0.25) is 0 Å². The van der Waals surface area contributed by atoms with E-state index in [0.717, 1.165) is 65.3 Å². The molecule has 1 aliphatic rings. The predicted molar refractivity (Wildman–Crippen MR) is 85.5 cm³/mol. The van der Waals surface area contributed by atoms with Crippen molar-refractivity contribution in [1.29, 1.82) is 0 Å². The number of piperazine rings is 1. The van der Waals surface area contributed by atoms with E-state index >= 15 is 0 Å². The van der Waals surface area contributed by atoms with Crippen molar-refractivity contribution in [3.8, 4) is 0 Å². The van der Waals surface area contributed by atoms with Gasteiger partial charge in [0.25, 0.3) is 0 Å². The molecule has 1 aromatic carbocycles. The Balaban J connectivity index is 1.45. The van der Waals surface area contributed by atoms with E-state index in [1.54, 1.807) is 0 Å². The molecule has 118 valence electrons. The fourth-order valence-electron chi connectivity index (χ4n) is 2.70. The molecule has 0 spiro atoms. The Kier molecular flexibility index (Phi) is 7.75. The summed E-state index contributed by atoms with van der Waals surface area (Å²) in [5, 5.41) is 8.92. The molecule has 1 heterocycles. The van der Waals surface area contributed by atoms with Crippen LogP contribution in [-0.2, 0) is 11.2 Å². The second kappa shape index (κ2) is 9.90. The first kappa shape index (κ1) is 16.4. The van der Waals surface area contributed by atoms with Crippen LogP contribution in [0.1, 0.15) is 12.0 Å². The molecule has 0 unspecified atom stereocenters. The van der Waals surface area contributed by atoms with Crippen molar-refractivity contribution in [2.24, 2.45) is 0 Å². The lowest BCUT2D eigenvalue weighted by atomic mass is 10.2. The zero-order valence-corrected chi connectivity index (χ0v) is 12.9. The fraction of sp³-hybridized carbons (Fsp3) is 0.647. The third-order valence-corrected chi connectivity index (χ3v) is 4.02. The quantitative estimate of drug-likeness (QED) is 0.695. The standard InChI is InChI=1S/C17H28N2O2/c20-14-13-19-11-9-18(10-12-19)8-4-15-21-16-7-17-5-2-1-3-6-17/h1-3,5-6,20H,4,7-16H2. The number of ether oxygens (including phenoxy) is 1. The van der Waals surface area contributed by atoms with Gasteiger partial charge in [-0.05, 0) is 18.4 Å². The molecule has 0 atom stereocenters. The van der Waals surface area contributed by atoms with E-state index < -0.39 is 0 Å². The molecule has 0 bridgehead atoms. The van der Waals surface area contributed by atoms with Gasteiger partial charge in [-0.15, -0.1) is 0 Å². The molecular formula is C17H28N2O2. The van der Waals surface area contributed by atoms with Gasteiger partial charge in [-0.25, -0.2) is 0 Å². The summed E-state index contributed by atoms with van der Waals surface area (Å²) in [5.74, 6) is 0. The Morgan fingerprint density at radius 1 is 0.905 bits per heavy atom. The Bertz CT molecular complexity index is 364. The van der Waals surface area contributed by atoms with E-state index in [1.165, 1.54) is 5.56 Å². The van der Waals surface area contributed by atoms with Crippen LogP contribution < -0.4 is 0 Å². The highest BCUT2D eigenvalue weighted by atomic mass is 16.5. The average Bonchev–Trinajstić information content (AvgIpc) is 2.53. The smallest absolute Gasteiger partial charge is 0.0558 e. The normalized spacial score (nSPS) is 17.2. The van der Waals surface area contributed by atoms with Crippen LogP contribution in [0.3, 0.4) is 0 Å². The summed E-state index contributed by atoms with van der Waals surface area (Å²) in [7, 11) is 0. The van der Waals surface area contributed by atoms with Gasteiger partial charge in [0.2, 0.25) is 0 Å². The molecule has 4 heteroatoms. The van der Waals surface area contributed by atoms with Crippen LogP contribution in [0.15, 0.2) is 30.3 Å². The first-order valence-corrected chi connectivity index (χ1v) is 8.06. The minimum atomic E-state index is 0.273. The van der Waals surface area contributed by atoms with Crippen molar-refractivity contribution in [2.75, 3.05) is 59.1 Å². The van der Waals surface area contributed by atoms with Crippen LogP contribution in [-0.4, -0.2) is 74.0 Å². The van der Waals surface area contributed by atoms with Crippen molar-refractivity contribution < 1.29 is 9.84 Å². The Hall–Kier alpha value is -0.940. The van der Waals surface area contributed by atoms with Crippen LogP contribution in [0.5, 0.6) is 0 Å². The molecule has 1 aromatic rings. The highest BCUT2D eigenvalue weighted by molar-refractivity contribution is 5.14. The summed E-state index contributed by atoms with van der Waals surface area (Å²) < 4.78 is 5.72. The number of β-amino-alcohol motifs (C(OH)–C–C–N with tert-alkyl or cyclic N) is 1. The molecular weight excluding hydrogens is 264 g/mol. The maximum atomic E-state index is 8.92. The lowest BCUT2D eigenvalue weighted by molar-refractivity contribution is 0.0923. The molecule has 1 saturated heterocycles. The fourth-order valence-corrected chi connectivity index (χ4v) is 2.70. The maximum absolute atomic E-state index is 8.92. The molecule has 0 saturated carbocycles. The van der Waals surface area contributed by atoms with Gasteiger partial charge in [-0.1, -0.05) is 30.3 Å². The van der Waals surface area contributed by atoms with Gasteiger partial charge < -0.3 is 14.7 Å². The topological polar surface area (TPSA) is 35.9 Å². The molecule has 21 heavy (non-hydrogen) atoms. The van der Waals surface area contributed by atoms with Gasteiger partial charge in [0.05, 0.1) is 13.2 Å². The van der Waals surface area contributed by atoms with Crippen LogP contribution in [0, 0.1) is 0 Å². The second-order valence-corrected chi connectivity index (χ2v) is 5.61. The van der Waals surface area contributed by atoms with Crippen LogP contribution >= 0.6 is 0 Å².